The van der Waals surface area contributed by atoms with Crippen molar-refractivity contribution in [3.05, 3.63) is 0 Å². The first kappa shape index (κ1) is 16.6. The van der Waals surface area contributed by atoms with Crippen molar-refractivity contribution in [2.45, 2.75) is 57.2 Å². The summed E-state index contributed by atoms with van der Waals surface area (Å²) in [4.78, 5) is 0. The second kappa shape index (κ2) is 7.49. The first-order chi connectivity index (χ1) is 10.0. The molecule has 0 saturated carbocycles. The van der Waals surface area contributed by atoms with E-state index in [4.69, 9.17) is 33.7 Å². The lowest BCUT2D eigenvalue weighted by atomic mass is 10.1. The molecule has 7 nitrogen and oxygen atoms in total. The molecular weight excluding hydrogens is 278 g/mol. The first-order valence-electron chi connectivity index (χ1n) is 7.08. The molecule has 0 aromatic carbocycles. The third-order valence-corrected chi connectivity index (χ3v) is 3.55. The van der Waals surface area contributed by atoms with Crippen LogP contribution in [0.2, 0.25) is 0 Å². The maximum atomic E-state index is 8.65. The molecule has 120 valence electrons. The van der Waals surface area contributed by atoms with Crippen molar-refractivity contribution >= 4 is 0 Å². The molecule has 2 rings (SSSR count). The molecule has 2 saturated heterocycles. The molecular formula is C14H23NO6. The Bertz CT molecular complexity index is 369. The van der Waals surface area contributed by atoms with Crippen molar-refractivity contribution in [2.24, 2.45) is 0 Å². The molecule has 2 heterocycles. The van der Waals surface area contributed by atoms with Crippen LogP contribution in [0.4, 0.5) is 0 Å². The molecule has 0 bridgehead atoms. The molecule has 0 spiro atoms. The Kier molecular flexibility index (Phi) is 5.93. The molecule has 2 fully saturated rings. The minimum atomic E-state index is -0.520. The van der Waals surface area contributed by atoms with Crippen LogP contribution < -0.4 is 0 Å². The summed E-state index contributed by atoms with van der Waals surface area (Å²) in [5.74, 6) is 0. The van der Waals surface area contributed by atoms with Gasteiger partial charge in [0.25, 0.3) is 0 Å². The molecule has 4 atom stereocenters. The van der Waals surface area contributed by atoms with Crippen molar-refractivity contribution in [1.29, 1.82) is 5.26 Å². The SMILES string of the molecule is CC1OC2COCO[C@@H]2C1OCOCOC(C)(C)CC#N. The predicted octanol–water partition coefficient (Wildman–Crippen LogP) is 1.17. The molecule has 2 aliphatic heterocycles. The monoisotopic (exact) mass is 301 g/mol. The number of nitrogens with zero attached hydrogens (tertiary/aromatic N) is 1. The summed E-state index contributed by atoms with van der Waals surface area (Å²) in [5.41, 5.74) is -0.520. The number of fused-ring (bicyclic) bond motifs is 1. The molecule has 0 aromatic heterocycles. The van der Waals surface area contributed by atoms with E-state index >= 15 is 0 Å². The van der Waals surface area contributed by atoms with E-state index < -0.39 is 5.60 Å². The van der Waals surface area contributed by atoms with Crippen LogP contribution >= 0.6 is 0 Å². The number of hydrogen-bond donors (Lipinski definition) is 0. The van der Waals surface area contributed by atoms with Crippen molar-refractivity contribution < 1.29 is 28.4 Å². The van der Waals surface area contributed by atoms with Crippen LogP contribution in [0, 0.1) is 11.3 Å². The molecule has 0 amide bonds. The zero-order chi connectivity index (χ0) is 15.3. The highest BCUT2D eigenvalue weighted by Gasteiger charge is 2.46. The third-order valence-electron chi connectivity index (χ3n) is 3.55. The lowest BCUT2D eigenvalue weighted by Crippen LogP contribution is -2.43. The molecule has 0 aliphatic carbocycles. The van der Waals surface area contributed by atoms with Gasteiger partial charge in [0.2, 0.25) is 0 Å². The molecule has 0 radical (unpaired) electrons. The number of ether oxygens (including phenoxy) is 6. The van der Waals surface area contributed by atoms with Gasteiger partial charge >= 0.3 is 0 Å². The topological polar surface area (TPSA) is 79.2 Å². The van der Waals surface area contributed by atoms with Gasteiger partial charge in [0.05, 0.1) is 30.8 Å². The quantitative estimate of drug-likeness (QED) is 0.516. The largest absolute Gasteiger partial charge is 0.367 e. The highest BCUT2D eigenvalue weighted by Crippen LogP contribution is 2.28. The van der Waals surface area contributed by atoms with Gasteiger partial charge in [-0.15, -0.1) is 0 Å². The van der Waals surface area contributed by atoms with E-state index in [2.05, 4.69) is 6.07 Å². The van der Waals surface area contributed by atoms with E-state index in [0.29, 0.717) is 13.0 Å². The molecule has 3 unspecified atom stereocenters. The van der Waals surface area contributed by atoms with E-state index in [-0.39, 0.29) is 44.8 Å². The Labute approximate surface area is 125 Å². The maximum absolute atomic E-state index is 8.65. The van der Waals surface area contributed by atoms with Gasteiger partial charge in [-0.05, 0) is 20.8 Å². The van der Waals surface area contributed by atoms with E-state index in [1.165, 1.54) is 0 Å². The summed E-state index contributed by atoms with van der Waals surface area (Å²) < 4.78 is 32.9. The second-order valence-electron chi connectivity index (χ2n) is 5.81. The average Bonchev–Trinajstić information content (AvgIpc) is 2.74. The fraction of sp³-hybridized carbons (Fsp3) is 0.929. The molecule has 21 heavy (non-hydrogen) atoms. The number of rotatable bonds is 7. The number of nitriles is 1. The van der Waals surface area contributed by atoms with Crippen LogP contribution in [0.1, 0.15) is 27.2 Å². The van der Waals surface area contributed by atoms with Crippen molar-refractivity contribution in [3.8, 4) is 6.07 Å². The van der Waals surface area contributed by atoms with Crippen LogP contribution in [0.5, 0.6) is 0 Å². The van der Waals surface area contributed by atoms with Gasteiger partial charge in [0.1, 0.15) is 38.7 Å². The fourth-order valence-electron chi connectivity index (χ4n) is 2.37. The molecule has 2 aliphatic rings. The predicted molar refractivity (Wildman–Crippen MR) is 71.1 cm³/mol. The summed E-state index contributed by atoms with van der Waals surface area (Å²) in [7, 11) is 0. The van der Waals surface area contributed by atoms with Crippen molar-refractivity contribution in [2.75, 3.05) is 27.0 Å². The summed E-state index contributed by atoms with van der Waals surface area (Å²) in [5, 5.41) is 8.65. The van der Waals surface area contributed by atoms with Gasteiger partial charge in [-0.1, -0.05) is 0 Å². The van der Waals surface area contributed by atoms with Crippen LogP contribution in [-0.2, 0) is 28.4 Å². The van der Waals surface area contributed by atoms with E-state index in [0.717, 1.165) is 0 Å². The van der Waals surface area contributed by atoms with Crippen LogP contribution in [-0.4, -0.2) is 57.0 Å². The maximum Gasteiger partial charge on any atom is 0.150 e. The minimum absolute atomic E-state index is 0.0683. The summed E-state index contributed by atoms with van der Waals surface area (Å²) in [6, 6.07) is 2.07. The Morgan fingerprint density at radius 3 is 2.90 bits per heavy atom. The average molecular weight is 301 g/mol. The van der Waals surface area contributed by atoms with Crippen LogP contribution in [0.3, 0.4) is 0 Å². The fourth-order valence-corrected chi connectivity index (χ4v) is 2.37. The summed E-state index contributed by atoms with van der Waals surface area (Å²) in [6.45, 7) is 6.59. The van der Waals surface area contributed by atoms with Gasteiger partial charge in [-0.3, -0.25) is 0 Å². The minimum Gasteiger partial charge on any atom is -0.367 e. The number of hydrogen-bond acceptors (Lipinski definition) is 7. The standard InChI is InChI=1S/C14H23NO6/c1-10-12(13-11(21-10)6-16-7-19-13)18-8-17-9-20-14(2,3)4-5-15/h10-13H,4,6-9H2,1-3H3/t10?,11?,12?,13-/m0/s1. The van der Waals surface area contributed by atoms with Gasteiger partial charge < -0.3 is 28.4 Å². The van der Waals surface area contributed by atoms with Crippen molar-refractivity contribution in [1.82, 2.24) is 0 Å². The van der Waals surface area contributed by atoms with Gasteiger partial charge in [-0.2, -0.15) is 5.26 Å². The van der Waals surface area contributed by atoms with Crippen LogP contribution in [0.15, 0.2) is 0 Å². The third kappa shape index (κ3) is 4.61. The lowest BCUT2D eigenvalue weighted by molar-refractivity contribution is -0.216. The Hall–Kier alpha value is -0.750. The lowest BCUT2D eigenvalue weighted by Gasteiger charge is -2.28. The zero-order valence-electron chi connectivity index (χ0n) is 12.7. The highest BCUT2D eigenvalue weighted by molar-refractivity contribution is 4.92. The Balaban J connectivity index is 1.65. The van der Waals surface area contributed by atoms with Gasteiger partial charge in [0, 0.05) is 0 Å². The zero-order valence-corrected chi connectivity index (χ0v) is 12.7. The molecule has 7 heteroatoms. The van der Waals surface area contributed by atoms with E-state index in [1.54, 1.807) is 0 Å². The molecule has 0 N–H and O–H groups in total. The smallest absolute Gasteiger partial charge is 0.150 e. The Morgan fingerprint density at radius 2 is 2.14 bits per heavy atom. The van der Waals surface area contributed by atoms with Crippen LogP contribution in [0.25, 0.3) is 0 Å². The van der Waals surface area contributed by atoms with Crippen molar-refractivity contribution in [3.63, 3.8) is 0 Å². The van der Waals surface area contributed by atoms with E-state index in [9.17, 15) is 0 Å². The first-order valence-corrected chi connectivity index (χ1v) is 7.08. The summed E-state index contributed by atoms with van der Waals surface area (Å²) in [6.07, 6.45) is -0.132. The second-order valence-corrected chi connectivity index (χ2v) is 5.81. The summed E-state index contributed by atoms with van der Waals surface area (Å²) >= 11 is 0. The van der Waals surface area contributed by atoms with E-state index in [1.807, 2.05) is 20.8 Å². The van der Waals surface area contributed by atoms with Gasteiger partial charge in [-0.25, -0.2) is 0 Å². The highest BCUT2D eigenvalue weighted by atomic mass is 16.8. The molecule has 0 aromatic rings. The Morgan fingerprint density at radius 1 is 1.33 bits per heavy atom. The van der Waals surface area contributed by atoms with Gasteiger partial charge in [0.15, 0.2) is 0 Å². The normalized spacial score (nSPS) is 32.7.